The molecule has 0 saturated heterocycles. The predicted molar refractivity (Wildman–Crippen MR) is 103 cm³/mol. The van der Waals surface area contributed by atoms with Crippen LogP contribution in [0.2, 0.25) is 10.0 Å². The molecule has 0 radical (unpaired) electrons. The van der Waals surface area contributed by atoms with Gasteiger partial charge in [-0.25, -0.2) is 4.98 Å². The van der Waals surface area contributed by atoms with Gasteiger partial charge >= 0.3 is 0 Å². The Morgan fingerprint density at radius 3 is 2.92 bits per heavy atom. The van der Waals surface area contributed by atoms with E-state index in [0.29, 0.717) is 37.0 Å². The van der Waals surface area contributed by atoms with Crippen LogP contribution in [0.25, 0.3) is 10.2 Å². The van der Waals surface area contributed by atoms with E-state index in [0.717, 1.165) is 4.83 Å². The summed E-state index contributed by atoms with van der Waals surface area (Å²) in [6, 6.07) is 6.70. The quantitative estimate of drug-likeness (QED) is 0.460. The Kier molecular flexibility index (Phi) is 5.66. The largest absolute Gasteiger partial charge is 0.290 e. The second-order valence-corrected chi connectivity index (χ2v) is 9.21. The van der Waals surface area contributed by atoms with Crippen LogP contribution >= 0.6 is 46.3 Å². The third-order valence-corrected chi connectivity index (χ3v) is 7.48. The van der Waals surface area contributed by atoms with E-state index in [2.05, 4.69) is 4.98 Å². The Balaban J connectivity index is 1.72. The summed E-state index contributed by atoms with van der Waals surface area (Å²) in [5, 5.41) is 4.03. The zero-order valence-electron chi connectivity index (χ0n) is 12.5. The summed E-state index contributed by atoms with van der Waals surface area (Å²) in [5.74, 6) is 0.940. The van der Waals surface area contributed by atoms with E-state index in [9.17, 15) is 9.00 Å². The first-order valence-corrected chi connectivity index (χ1v) is 10.8. The van der Waals surface area contributed by atoms with E-state index in [-0.39, 0.29) is 5.56 Å². The van der Waals surface area contributed by atoms with Crippen molar-refractivity contribution in [1.29, 1.82) is 0 Å². The number of thioether (sulfide) groups is 1. The molecule has 3 rings (SSSR count). The minimum Gasteiger partial charge on any atom is -0.290 e. The van der Waals surface area contributed by atoms with Crippen molar-refractivity contribution in [3.05, 3.63) is 50.0 Å². The molecule has 0 N–H and O–H groups in total. The number of hydrogen-bond acceptors (Lipinski definition) is 5. The zero-order chi connectivity index (χ0) is 17.3. The standard InChI is InChI=1S/C15H12Cl2N2O2S3/c1-19-14(20)10-4-5-22-13(10)18-15(19)23-6-7-24(21)12-8-9(16)2-3-11(12)17/h2-5,8H,6-7H2,1H3/t24-/m1/s1. The molecule has 0 aliphatic rings. The van der Waals surface area contributed by atoms with Crippen LogP contribution in [0.4, 0.5) is 0 Å². The Morgan fingerprint density at radius 2 is 2.12 bits per heavy atom. The lowest BCUT2D eigenvalue weighted by molar-refractivity contribution is 0.684. The first-order valence-electron chi connectivity index (χ1n) is 6.88. The first-order chi connectivity index (χ1) is 11.5. The molecule has 0 amide bonds. The average Bonchev–Trinajstić information content (AvgIpc) is 3.02. The number of hydrogen-bond donors (Lipinski definition) is 0. The highest BCUT2D eigenvalue weighted by Gasteiger charge is 2.12. The van der Waals surface area contributed by atoms with Crippen LogP contribution in [0.5, 0.6) is 0 Å². The molecular formula is C15H12Cl2N2O2S3. The first kappa shape index (κ1) is 17.9. The van der Waals surface area contributed by atoms with Gasteiger partial charge in [0.1, 0.15) is 4.83 Å². The topological polar surface area (TPSA) is 52.0 Å². The summed E-state index contributed by atoms with van der Waals surface area (Å²) < 4.78 is 13.9. The van der Waals surface area contributed by atoms with Crippen LogP contribution < -0.4 is 5.56 Å². The van der Waals surface area contributed by atoms with Crippen LogP contribution in [-0.2, 0) is 17.8 Å². The number of aromatic nitrogens is 2. The number of rotatable bonds is 5. The summed E-state index contributed by atoms with van der Waals surface area (Å²) in [4.78, 5) is 18.0. The van der Waals surface area contributed by atoms with Crippen molar-refractivity contribution in [2.75, 3.05) is 11.5 Å². The van der Waals surface area contributed by atoms with Crippen LogP contribution in [0, 0.1) is 0 Å². The number of halogens is 2. The fourth-order valence-corrected chi connectivity index (χ4v) is 5.82. The smallest absolute Gasteiger partial charge is 0.262 e. The highest BCUT2D eigenvalue weighted by Crippen LogP contribution is 2.25. The molecule has 2 heterocycles. The molecule has 4 nitrogen and oxygen atoms in total. The molecule has 0 bridgehead atoms. The maximum absolute atomic E-state index is 12.4. The summed E-state index contributed by atoms with van der Waals surface area (Å²) in [5.41, 5.74) is -0.0669. The van der Waals surface area contributed by atoms with Gasteiger partial charge in [0, 0.05) is 23.6 Å². The van der Waals surface area contributed by atoms with Crippen molar-refractivity contribution in [2.24, 2.45) is 7.05 Å². The van der Waals surface area contributed by atoms with Crippen molar-refractivity contribution in [3.63, 3.8) is 0 Å². The van der Waals surface area contributed by atoms with Crippen molar-refractivity contribution < 1.29 is 4.21 Å². The van der Waals surface area contributed by atoms with Gasteiger partial charge in [0.2, 0.25) is 0 Å². The molecular weight excluding hydrogens is 407 g/mol. The van der Waals surface area contributed by atoms with Gasteiger partial charge in [-0.1, -0.05) is 35.0 Å². The molecule has 9 heteroatoms. The van der Waals surface area contributed by atoms with Gasteiger partial charge in [-0.2, -0.15) is 0 Å². The molecule has 0 fully saturated rings. The molecule has 1 atom stereocenters. The van der Waals surface area contributed by atoms with Crippen molar-refractivity contribution in [3.8, 4) is 0 Å². The second-order valence-electron chi connectivity index (χ2n) is 4.87. The van der Waals surface area contributed by atoms with Crippen molar-refractivity contribution in [1.82, 2.24) is 9.55 Å². The highest BCUT2D eigenvalue weighted by molar-refractivity contribution is 8.00. The summed E-state index contributed by atoms with van der Waals surface area (Å²) in [7, 11) is 0.434. The van der Waals surface area contributed by atoms with Gasteiger partial charge in [0.15, 0.2) is 5.16 Å². The van der Waals surface area contributed by atoms with Crippen molar-refractivity contribution in [2.45, 2.75) is 10.1 Å². The van der Waals surface area contributed by atoms with Gasteiger partial charge < -0.3 is 0 Å². The highest BCUT2D eigenvalue weighted by atomic mass is 35.5. The van der Waals surface area contributed by atoms with Gasteiger partial charge in [-0.3, -0.25) is 13.6 Å². The Morgan fingerprint density at radius 1 is 1.33 bits per heavy atom. The SMILES string of the molecule is Cn1c(SCC[S@@](=O)c2cc(Cl)ccc2Cl)nc2sccc2c1=O. The van der Waals surface area contributed by atoms with Crippen molar-refractivity contribution >= 4 is 67.3 Å². The minimum atomic E-state index is -1.26. The molecule has 3 aromatic rings. The van der Waals surface area contributed by atoms with E-state index in [1.54, 1.807) is 31.3 Å². The summed E-state index contributed by atoms with van der Waals surface area (Å²) >= 11 is 14.8. The fourth-order valence-electron chi connectivity index (χ4n) is 2.08. The van der Waals surface area contributed by atoms with Crippen LogP contribution in [0.1, 0.15) is 0 Å². The zero-order valence-corrected chi connectivity index (χ0v) is 16.5. The van der Waals surface area contributed by atoms with Crippen LogP contribution in [0.15, 0.2) is 44.5 Å². The molecule has 0 unspecified atom stereocenters. The van der Waals surface area contributed by atoms with Crippen LogP contribution in [-0.4, -0.2) is 25.3 Å². The molecule has 1 aromatic carbocycles. The van der Waals surface area contributed by atoms with E-state index in [4.69, 9.17) is 23.2 Å². The molecule has 2 aromatic heterocycles. The number of nitrogens with zero attached hydrogens (tertiary/aromatic N) is 2. The monoisotopic (exact) mass is 418 g/mol. The molecule has 0 spiro atoms. The second kappa shape index (κ2) is 7.58. The fraction of sp³-hybridized carbons (Fsp3) is 0.200. The van der Waals surface area contributed by atoms with E-state index in [1.165, 1.54) is 27.7 Å². The number of fused-ring (bicyclic) bond motifs is 1. The van der Waals surface area contributed by atoms with Gasteiger partial charge in [-0.15, -0.1) is 11.3 Å². The molecule has 0 aliphatic carbocycles. The van der Waals surface area contributed by atoms with Gasteiger partial charge in [0.05, 0.1) is 26.1 Å². The lowest BCUT2D eigenvalue weighted by Crippen LogP contribution is -2.19. The third-order valence-electron chi connectivity index (χ3n) is 3.30. The van der Waals surface area contributed by atoms with Gasteiger partial charge in [-0.05, 0) is 29.6 Å². The molecule has 0 aliphatic heterocycles. The predicted octanol–water partition coefficient (Wildman–Crippen LogP) is 4.20. The minimum absolute atomic E-state index is 0.0669. The third kappa shape index (κ3) is 3.70. The number of thiophene rings is 1. The molecule has 24 heavy (non-hydrogen) atoms. The lowest BCUT2D eigenvalue weighted by Gasteiger charge is -2.08. The Bertz CT molecular complexity index is 984. The number of benzene rings is 1. The Hall–Kier alpha value is -0.860. The van der Waals surface area contributed by atoms with E-state index in [1.807, 2.05) is 5.38 Å². The van der Waals surface area contributed by atoms with E-state index >= 15 is 0 Å². The normalized spacial score (nSPS) is 12.6. The summed E-state index contributed by atoms with van der Waals surface area (Å²) in [6.07, 6.45) is 0. The molecule has 126 valence electrons. The van der Waals surface area contributed by atoms with E-state index < -0.39 is 10.8 Å². The molecule has 0 saturated carbocycles. The van der Waals surface area contributed by atoms with Crippen LogP contribution in [0.3, 0.4) is 0 Å². The maximum Gasteiger partial charge on any atom is 0.262 e. The Labute approximate surface area is 159 Å². The lowest BCUT2D eigenvalue weighted by atomic mass is 10.4. The maximum atomic E-state index is 12.4. The van der Waals surface area contributed by atoms with Gasteiger partial charge in [0.25, 0.3) is 5.56 Å². The summed E-state index contributed by atoms with van der Waals surface area (Å²) in [6.45, 7) is 0. The average molecular weight is 419 g/mol.